The molecular weight excluding hydrogens is 396 g/mol. The summed E-state index contributed by atoms with van der Waals surface area (Å²) < 4.78 is 15.6. The Labute approximate surface area is 173 Å². The van der Waals surface area contributed by atoms with Crippen LogP contribution in [0.1, 0.15) is 18.1 Å². The lowest BCUT2D eigenvalue weighted by atomic mass is 10.2. The standard InChI is InChI=1S/C21H19ClN2O5/c1-3-28-21-16(22)10-14(11-18(21)27-2)8-9-20(26)29-13-19(25)24-17-7-5-4-6-15(17)12-23/h4-11H,3,13H2,1-2H3,(H,24,25)/b9-8+. The molecule has 1 N–H and O–H groups in total. The SMILES string of the molecule is CCOc1c(Cl)cc(/C=C/C(=O)OCC(=O)Nc2ccccc2C#N)cc1OC. The third-order valence-corrected chi connectivity index (χ3v) is 3.90. The summed E-state index contributed by atoms with van der Waals surface area (Å²) in [5.74, 6) is -0.411. The molecule has 0 fully saturated rings. The number of carbonyl (C=O) groups excluding carboxylic acids is 2. The van der Waals surface area contributed by atoms with E-state index in [0.29, 0.717) is 39.9 Å². The first kappa shape index (κ1) is 21.8. The Bertz CT molecular complexity index is 966. The highest BCUT2D eigenvalue weighted by Gasteiger charge is 2.11. The summed E-state index contributed by atoms with van der Waals surface area (Å²) in [7, 11) is 1.49. The van der Waals surface area contributed by atoms with Crippen LogP contribution >= 0.6 is 11.6 Å². The van der Waals surface area contributed by atoms with Crippen LogP contribution in [0.2, 0.25) is 5.02 Å². The van der Waals surface area contributed by atoms with Crippen molar-refractivity contribution in [1.82, 2.24) is 0 Å². The lowest BCUT2D eigenvalue weighted by Crippen LogP contribution is -2.20. The fraction of sp³-hybridized carbons (Fsp3) is 0.190. The Kier molecular flexibility index (Phi) is 8.07. The van der Waals surface area contributed by atoms with Crippen molar-refractivity contribution in [2.24, 2.45) is 0 Å². The molecule has 2 aromatic carbocycles. The number of benzene rings is 2. The zero-order valence-corrected chi connectivity index (χ0v) is 16.7. The van der Waals surface area contributed by atoms with Crippen molar-refractivity contribution in [3.63, 3.8) is 0 Å². The molecule has 8 heteroatoms. The summed E-state index contributed by atoms with van der Waals surface area (Å²) in [6.45, 7) is 1.77. The van der Waals surface area contributed by atoms with Gasteiger partial charge in [-0.2, -0.15) is 5.26 Å². The van der Waals surface area contributed by atoms with Gasteiger partial charge in [-0.1, -0.05) is 23.7 Å². The predicted octanol–water partition coefficient (Wildman–Crippen LogP) is 3.81. The van der Waals surface area contributed by atoms with E-state index in [0.717, 1.165) is 0 Å². The van der Waals surface area contributed by atoms with Gasteiger partial charge < -0.3 is 19.5 Å². The number of nitrogens with zero attached hydrogens (tertiary/aromatic N) is 1. The number of amides is 1. The molecule has 0 saturated carbocycles. The Hall–Kier alpha value is -3.50. The Morgan fingerprint density at radius 1 is 1.28 bits per heavy atom. The molecule has 0 saturated heterocycles. The van der Waals surface area contributed by atoms with Crippen LogP contribution in [-0.4, -0.2) is 32.2 Å². The fourth-order valence-electron chi connectivity index (χ4n) is 2.35. The third kappa shape index (κ3) is 6.26. The van der Waals surface area contributed by atoms with Gasteiger partial charge >= 0.3 is 5.97 Å². The number of ether oxygens (including phenoxy) is 3. The van der Waals surface area contributed by atoms with Gasteiger partial charge in [0.2, 0.25) is 0 Å². The first-order valence-corrected chi connectivity index (χ1v) is 9.00. The first-order valence-electron chi connectivity index (χ1n) is 8.62. The van der Waals surface area contributed by atoms with Crippen LogP contribution in [0.15, 0.2) is 42.5 Å². The van der Waals surface area contributed by atoms with Crippen LogP contribution in [-0.2, 0) is 14.3 Å². The Morgan fingerprint density at radius 2 is 2.03 bits per heavy atom. The van der Waals surface area contributed by atoms with Crippen molar-refractivity contribution in [1.29, 1.82) is 5.26 Å². The van der Waals surface area contributed by atoms with Gasteiger partial charge in [-0.3, -0.25) is 4.79 Å². The second-order valence-electron chi connectivity index (χ2n) is 5.61. The van der Waals surface area contributed by atoms with Crippen LogP contribution in [0.25, 0.3) is 6.08 Å². The van der Waals surface area contributed by atoms with Crippen molar-refractivity contribution in [2.75, 3.05) is 25.6 Å². The average molecular weight is 415 g/mol. The van der Waals surface area contributed by atoms with Crippen molar-refractivity contribution < 1.29 is 23.8 Å². The van der Waals surface area contributed by atoms with Gasteiger partial charge in [0.1, 0.15) is 6.07 Å². The lowest BCUT2D eigenvalue weighted by Gasteiger charge is -2.11. The highest BCUT2D eigenvalue weighted by atomic mass is 35.5. The van der Waals surface area contributed by atoms with Gasteiger partial charge in [-0.05, 0) is 42.8 Å². The van der Waals surface area contributed by atoms with Gasteiger partial charge in [0, 0.05) is 6.08 Å². The number of para-hydroxylation sites is 1. The number of hydrogen-bond donors (Lipinski definition) is 1. The molecule has 7 nitrogen and oxygen atoms in total. The van der Waals surface area contributed by atoms with E-state index in [1.165, 1.54) is 19.3 Å². The summed E-state index contributed by atoms with van der Waals surface area (Å²) in [5.41, 5.74) is 1.26. The van der Waals surface area contributed by atoms with E-state index in [1.54, 1.807) is 36.4 Å². The molecular formula is C21H19ClN2O5. The van der Waals surface area contributed by atoms with Crippen molar-refractivity contribution >= 4 is 35.2 Å². The predicted molar refractivity (Wildman–Crippen MR) is 109 cm³/mol. The van der Waals surface area contributed by atoms with E-state index in [1.807, 2.05) is 13.0 Å². The second-order valence-corrected chi connectivity index (χ2v) is 6.02. The average Bonchev–Trinajstić information content (AvgIpc) is 2.72. The van der Waals surface area contributed by atoms with Gasteiger partial charge in [0.25, 0.3) is 5.91 Å². The van der Waals surface area contributed by atoms with Crippen molar-refractivity contribution in [2.45, 2.75) is 6.92 Å². The summed E-state index contributed by atoms with van der Waals surface area (Å²) in [4.78, 5) is 23.8. The fourth-order valence-corrected chi connectivity index (χ4v) is 2.62. The van der Waals surface area contributed by atoms with E-state index in [-0.39, 0.29) is 0 Å². The minimum Gasteiger partial charge on any atom is -0.493 e. The monoisotopic (exact) mass is 414 g/mol. The zero-order chi connectivity index (χ0) is 21.2. The minimum atomic E-state index is -0.710. The molecule has 0 atom stereocenters. The van der Waals surface area contributed by atoms with Gasteiger partial charge in [0.05, 0.1) is 30.0 Å². The number of hydrogen-bond acceptors (Lipinski definition) is 6. The molecule has 0 aliphatic heterocycles. The topological polar surface area (TPSA) is 97.6 Å². The number of rotatable bonds is 8. The summed E-state index contributed by atoms with van der Waals surface area (Å²) >= 11 is 6.18. The molecule has 1 amide bonds. The number of anilines is 1. The van der Waals surface area contributed by atoms with Gasteiger partial charge in [0.15, 0.2) is 18.1 Å². The van der Waals surface area contributed by atoms with E-state index < -0.39 is 18.5 Å². The molecule has 0 bridgehead atoms. The number of halogens is 1. The molecule has 0 radical (unpaired) electrons. The van der Waals surface area contributed by atoms with Crippen molar-refractivity contribution in [3.05, 3.63) is 58.6 Å². The third-order valence-electron chi connectivity index (χ3n) is 3.62. The van der Waals surface area contributed by atoms with Crippen LogP contribution in [0.5, 0.6) is 11.5 Å². The Morgan fingerprint density at radius 3 is 2.72 bits per heavy atom. The molecule has 2 aromatic rings. The molecule has 0 aromatic heterocycles. The molecule has 29 heavy (non-hydrogen) atoms. The maximum atomic E-state index is 11.9. The summed E-state index contributed by atoms with van der Waals surface area (Å²) in [6, 6.07) is 11.8. The van der Waals surface area contributed by atoms with Gasteiger partial charge in [-0.25, -0.2) is 4.79 Å². The molecule has 0 heterocycles. The molecule has 0 unspecified atom stereocenters. The Balaban J connectivity index is 1.95. The number of methoxy groups -OCH3 is 1. The number of esters is 1. The molecule has 0 spiro atoms. The van der Waals surface area contributed by atoms with Crippen LogP contribution < -0.4 is 14.8 Å². The van der Waals surface area contributed by atoms with E-state index in [2.05, 4.69) is 5.32 Å². The minimum absolute atomic E-state index is 0.313. The quantitative estimate of drug-likeness (QED) is 0.521. The largest absolute Gasteiger partial charge is 0.493 e. The highest BCUT2D eigenvalue weighted by Crippen LogP contribution is 2.36. The smallest absolute Gasteiger partial charge is 0.331 e. The number of nitrogens with one attached hydrogen (secondary N) is 1. The molecule has 2 rings (SSSR count). The maximum absolute atomic E-state index is 11.9. The highest BCUT2D eigenvalue weighted by molar-refractivity contribution is 6.32. The van der Waals surface area contributed by atoms with E-state index in [9.17, 15) is 9.59 Å². The zero-order valence-electron chi connectivity index (χ0n) is 15.9. The second kappa shape index (κ2) is 10.7. The lowest BCUT2D eigenvalue weighted by molar-refractivity contribution is -0.142. The van der Waals surface area contributed by atoms with Gasteiger partial charge in [-0.15, -0.1) is 0 Å². The maximum Gasteiger partial charge on any atom is 0.331 e. The van der Waals surface area contributed by atoms with Crippen LogP contribution in [0.4, 0.5) is 5.69 Å². The van der Waals surface area contributed by atoms with E-state index >= 15 is 0 Å². The first-order chi connectivity index (χ1) is 14.0. The van der Waals surface area contributed by atoms with E-state index in [4.69, 9.17) is 31.1 Å². The molecule has 0 aliphatic rings. The van der Waals surface area contributed by atoms with Crippen LogP contribution in [0, 0.1) is 11.3 Å². The van der Waals surface area contributed by atoms with Crippen LogP contribution in [0.3, 0.4) is 0 Å². The molecule has 0 aliphatic carbocycles. The number of carbonyl (C=O) groups is 2. The summed E-state index contributed by atoms with van der Waals surface area (Å²) in [5, 5.41) is 11.9. The molecule has 150 valence electrons. The normalized spacial score (nSPS) is 10.3. The summed E-state index contributed by atoms with van der Waals surface area (Å²) in [6.07, 6.45) is 2.65. The van der Waals surface area contributed by atoms with Crippen molar-refractivity contribution in [3.8, 4) is 17.6 Å². The number of nitriles is 1.